The highest BCUT2D eigenvalue weighted by Crippen LogP contribution is 2.35. The van der Waals surface area contributed by atoms with Crippen molar-refractivity contribution in [1.82, 2.24) is 9.88 Å². The molecule has 2 heterocycles. The summed E-state index contributed by atoms with van der Waals surface area (Å²) in [6, 6.07) is 12.5. The van der Waals surface area contributed by atoms with Gasteiger partial charge in [0.15, 0.2) is 0 Å². The maximum atomic E-state index is 12.5. The van der Waals surface area contributed by atoms with Gasteiger partial charge in [0.05, 0.1) is 13.2 Å². The molecule has 2 aromatic rings. The topological polar surface area (TPSA) is 59.5 Å². The molecule has 1 fully saturated rings. The highest BCUT2D eigenvalue weighted by Gasteiger charge is 2.42. The van der Waals surface area contributed by atoms with Gasteiger partial charge in [0.2, 0.25) is 5.91 Å². The molecule has 1 saturated heterocycles. The Balaban J connectivity index is 2.07. The smallest absolute Gasteiger partial charge is 0.328 e. The largest absolute Gasteiger partial charge is 0.467 e. The zero-order valence-electron chi connectivity index (χ0n) is 12.9. The van der Waals surface area contributed by atoms with Crippen LogP contribution in [0.2, 0.25) is 0 Å². The Morgan fingerprint density at radius 3 is 2.61 bits per heavy atom. The molecule has 118 valence electrons. The van der Waals surface area contributed by atoms with E-state index in [0.29, 0.717) is 12.8 Å². The highest BCUT2D eigenvalue weighted by molar-refractivity contribution is 5.88. The number of pyridine rings is 1. The van der Waals surface area contributed by atoms with Crippen LogP contribution in [0.3, 0.4) is 0 Å². The molecule has 1 amide bonds. The SMILES string of the molecule is COC(=O)C1CCC(=O)N1C(c1ccccc1)c1cccnc1. The second-order valence-corrected chi connectivity index (χ2v) is 5.48. The fraction of sp³-hybridized carbons (Fsp3) is 0.278. The van der Waals surface area contributed by atoms with E-state index < -0.39 is 6.04 Å². The number of benzene rings is 1. The standard InChI is InChI=1S/C18H18N2O3/c1-23-18(22)15-9-10-16(21)20(15)17(13-6-3-2-4-7-13)14-8-5-11-19-12-14/h2-8,11-12,15,17H,9-10H2,1H3. The molecule has 0 aliphatic carbocycles. The summed E-state index contributed by atoms with van der Waals surface area (Å²) in [5, 5.41) is 0. The molecule has 23 heavy (non-hydrogen) atoms. The summed E-state index contributed by atoms with van der Waals surface area (Å²) in [6.45, 7) is 0. The molecule has 0 radical (unpaired) electrons. The molecule has 0 N–H and O–H groups in total. The molecule has 2 atom stereocenters. The van der Waals surface area contributed by atoms with Gasteiger partial charge in [0.25, 0.3) is 0 Å². The van der Waals surface area contributed by atoms with E-state index in [1.165, 1.54) is 7.11 Å². The van der Waals surface area contributed by atoms with E-state index in [1.54, 1.807) is 17.3 Å². The van der Waals surface area contributed by atoms with E-state index in [0.717, 1.165) is 11.1 Å². The van der Waals surface area contributed by atoms with Crippen molar-refractivity contribution in [3.8, 4) is 0 Å². The third-order valence-electron chi connectivity index (χ3n) is 4.12. The predicted octanol–water partition coefficient (Wildman–Crippen LogP) is 2.33. The number of rotatable bonds is 4. The maximum Gasteiger partial charge on any atom is 0.328 e. The number of hydrogen-bond acceptors (Lipinski definition) is 4. The molecule has 1 aliphatic rings. The van der Waals surface area contributed by atoms with Crippen LogP contribution in [0.1, 0.15) is 30.0 Å². The lowest BCUT2D eigenvalue weighted by molar-refractivity contribution is -0.150. The van der Waals surface area contributed by atoms with Gasteiger partial charge in [-0.25, -0.2) is 4.79 Å². The number of aromatic nitrogens is 1. The Bertz CT molecular complexity index is 648. The lowest BCUT2D eigenvalue weighted by Crippen LogP contribution is -2.42. The molecule has 1 aromatic heterocycles. The minimum absolute atomic E-state index is 0.0434. The fourth-order valence-electron chi connectivity index (χ4n) is 3.08. The fourth-order valence-corrected chi connectivity index (χ4v) is 3.08. The summed E-state index contributed by atoms with van der Waals surface area (Å²) >= 11 is 0. The number of methoxy groups -OCH3 is 1. The molecular weight excluding hydrogens is 292 g/mol. The molecule has 0 saturated carbocycles. The summed E-state index contributed by atoms with van der Waals surface area (Å²) in [5.41, 5.74) is 1.83. The van der Waals surface area contributed by atoms with Crippen molar-refractivity contribution in [2.45, 2.75) is 24.9 Å². The van der Waals surface area contributed by atoms with Crippen molar-refractivity contribution in [3.05, 3.63) is 66.0 Å². The van der Waals surface area contributed by atoms with Crippen molar-refractivity contribution in [2.75, 3.05) is 7.11 Å². The third kappa shape index (κ3) is 2.95. The first-order valence-corrected chi connectivity index (χ1v) is 7.56. The van der Waals surface area contributed by atoms with E-state index in [-0.39, 0.29) is 17.9 Å². The summed E-state index contributed by atoms with van der Waals surface area (Å²) in [7, 11) is 1.35. The van der Waals surface area contributed by atoms with Crippen LogP contribution in [0.25, 0.3) is 0 Å². The quantitative estimate of drug-likeness (QED) is 0.813. The van der Waals surface area contributed by atoms with Crippen molar-refractivity contribution < 1.29 is 14.3 Å². The average molecular weight is 310 g/mol. The number of amides is 1. The van der Waals surface area contributed by atoms with Gasteiger partial charge >= 0.3 is 5.97 Å². The lowest BCUT2D eigenvalue weighted by atomic mass is 9.97. The number of hydrogen-bond donors (Lipinski definition) is 0. The van der Waals surface area contributed by atoms with Crippen LogP contribution < -0.4 is 0 Å². The van der Waals surface area contributed by atoms with Crippen LogP contribution in [-0.2, 0) is 14.3 Å². The van der Waals surface area contributed by atoms with E-state index in [4.69, 9.17) is 4.74 Å². The van der Waals surface area contributed by atoms with Gasteiger partial charge in [-0.15, -0.1) is 0 Å². The van der Waals surface area contributed by atoms with Crippen LogP contribution in [0, 0.1) is 0 Å². The molecule has 5 heteroatoms. The first-order chi connectivity index (χ1) is 11.2. The van der Waals surface area contributed by atoms with E-state index in [9.17, 15) is 9.59 Å². The first kappa shape index (κ1) is 15.2. The van der Waals surface area contributed by atoms with E-state index in [2.05, 4.69) is 4.98 Å². The van der Waals surface area contributed by atoms with Crippen LogP contribution in [0.15, 0.2) is 54.9 Å². The molecule has 5 nitrogen and oxygen atoms in total. The average Bonchev–Trinajstić information content (AvgIpc) is 2.98. The minimum Gasteiger partial charge on any atom is -0.467 e. The first-order valence-electron chi connectivity index (χ1n) is 7.56. The van der Waals surface area contributed by atoms with Crippen LogP contribution in [-0.4, -0.2) is 34.9 Å². The molecule has 2 unspecified atom stereocenters. The van der Waals surface area contributed by atoms with Gasteiger partial charge in [-0.05, 0) is 23.6 Å². The van der Waals surface area contributed by atoms with Crippen molar-refractivity contribution in [3.63, 3.8) is 0 Å². The lowest BCUT2D eigenvalue weighted by Gasteiger charge is -2.32. The number of likely N-dealkylation sites (tertiary alicyclic amines) is 1. The van der Waals surface area contributed by atoms with E-state index >= 15 is 0 Å². The Hall–Kier alpha value is -2.69. The number of carbonyl (C=O) groups excluding carboxylic acids is 2. The Morgan fingerprint density at radius 2 is 1.96 bits per heavy atom. The van der Waals surface area contributed by atoms with E-state index in [1.807, 2.05) is 42.5 Å². The molecule has 3 rings (SSSR count). The summed E-state index contributed by atoms with van der Waals surface area (Å²) in [5.74, 6) is -0.418. The maximum absolute atomic E-state index is 12.5. The second kappa shape index (κ2) is 6.60. The summed E-state index contributed by atoms with van der Waals surface area (Å²) < 4.78 is 4.89. The normalized spacial score (nSPS) is 18.7. The summed E-state index contributed by atoms with van der Waals surface area (Å²) in [4.78, 5) is 30.4. The molecule has 1 aromatic carbocycles. The van der Waals surface area contributed by atoms with Crippen LogP contribution in [0.5, 0.6) is 0 Å². The van der Waals surface area contributed by atoms with Crippen molar-refractivity contribution in [2.24, 2.45) is 0 Å². The zero-order chi connectivity index (χ0) is 16.2. The molecule has 0 bridgehead atoms. The van der Waals surface area contributed by atoms with Crippen LogP contribution in [0.4, 0.5) is 0 Å². The van der Waals surface area contributed by atoms with Gasteiger partial charge in [0, 0.05) is 18.8 Å². The third-order valence-corrected chi connectivity index (χ3v) is 4.12. The Labute approximate surface area is 134 Å². The zero-order valence-corrected chi connectivity index (χ0v) is 12.9. The number of esters is 1. The predicted molar refractivity (Wildman–Crippen MR) is 84.4 cm³/mol. The monoisotopic (exact) mass is 310 g/mol. The number of nitrogens with zero attached hydrogens (tertiary/aromatic N) is 2. The second-order valence-electron chi connectivity index (χ2n) is 5.48. The minimum atomic E-state index is -0.557. The molecule has 0 spiro atoms. The van der Waals surface area contributed by atoms with Crippen LogP contribution >= 0.6 is 0 Å². The van der Waals surface area contributed by atoms with Gasteiger partial charge in [-0.3, -0.25) is 9.78 Å². The Morgan fingerprint density at radius 1 is 1.22 bits per heavy atom. The van der Waals surface area contributed by atoms with Gasteiger partial charge in [-0.2, -0.15) is 0 Å². The van der Waals surface area contributed by atoms with Gasteiger partial charge in [0.1, 0.15) is 6.04 Å². The molecular formula is C18H18N2O3. The number of ether oxygens (including phenoxy) is 1. The summed E-state index contributed by atoms with van der Waals surface area (Å²) in [6.07, 6.45) is 4.26. The van der Waals surface area contributed by atoms with Gasteiger partial charge in [-0.1, -0.05) is 36.4 Å². The molecule has 1 aliphatic heterocycles. The Kier molecular flexibility index (Phi) is 4.37. The highest BCUT2D eigenvalue weighted by atomic mass is 16.5. The van der Waals surface area contributed by atoms with Crippen molar-refractivity contribution >= 4 is 11.9 Å². The van der Waals surface area contributed by atoms with Crippen molar-refractivity contribution in [1.29, 1.82) is 0 Å². The van der Waals surface area contributed by atoms with Gasteiger partial charge < -0.3 is 9.64 Å². The number of carbonyl (C=O) groups is 2.